The fourth-order valence-electron chi connectivity index (χ4n) is 2.31. The van der Waals surface area contributed by atoms with Crippen molar-refractivity contribution < 1.29 is 4.92 Å². The number of hydrogen-bond acceptors (Lipinski definition) is 3. The van der Waals surface area contributed by atoms with Crippen LogP contribution in [0.2, 0.25) is 0 Å². The molecule has 1 aliphatic carbocycles. The minimum absolute atomic E-state index is 0.0302. The first kappa shape index (κ1) is 13.1. The van der Waals surface area contributed by atoms with Crippen LogP contribution in [0.5, 0.6) is 0 Å². The molecule has 0 aromatic carbocycles. The number of aromatic nitrogens is 2. The normalized spacial score (nSPS) is 16.4. The van der Waals surface area contributed by atoms with E-state index >= 15 is 0 Å². The molecule has 6 heteroatoms. The summed E-state index contributed by atoms with van der Waals surface area (Å²) in [4.78, 5) is 14.4. The Balaban J connectivity index is 2.35. The van der Waals surface area contributed by atoms with E-state index in [4.69, 9.17) is 11.6 Å². The highest BCUT2D eigenvalue weighted by atomic mass is 35.5. The Labute approximate surface area is 111 Å². The van der Waals surface area contributed by atoms with Crippen molar-refractivity contribution in [1.29, 1.82) is 0 Å². The third-order valence-electron chi connectivity index (χ3n) is 3.36. The lowest BCUT2D eigenvalue weighted by atomic mass is 10.1. The first-order valence-corrected chi connectivity index (χ1v) is 6.53. The maximum atomic E-state index is 10.8. The smallest absolute Gasteiger partial charge is 0.342 e. The van der Waals surface area contributed by atoms with E-state index in [0.29, 0.717) is 10.9 Å². The third kappa shape index (κ3) is 2.56. The summed E-state index contributed by atoms with van der Waals surface area (Å²) in [6.07, 6.45) is 7.94. The van der Waals surface area contributed by atoms with Gasteiger partial charge in [-0.25, -0.2) is 9.55 Å². The Morgan fingerprint density at radius 2 is 2.00 bits per heavy atom. The van der Waals surface area contributed by atoms with Crippen molar-refractivity contribution in [1.82, 2.24) is 9.55 Å². The minimum Gasteiger partial charge on any atom is -0.358 e. The van der Waals surface area contributed by atoms with Crippen LogP contribution in [0.1, 0.15) is 44.3 Å². The van der Waals surface area contributed by atoms with Crippen LogP contribution in [0.3, 0.4) is 0 Å². The molecule has 0 bridgehead atoms. The molecule has 1 aliphatic rings. The second-order valence-corrected chi connectivity index (χ2v) is 4.97. The molecule has 0 saturated heterocycles. The number of imidazole rings is 1. The number of allylic oxidation sites excluding steroid dienone is 1. The molecule has 0 atom stereocenters. The van der Waals surface area contributed by atoms with E-state index in [1.54, 1.807) is 7.05 Å². The Hall–Kier alpha value is -1.36. The predicted molar refractivity (Wildman–Crippen MR) is 70.3 cm³/mol. The largest absolute Gasteiger partial charge is 0.358 e. The molecule has 0 aliphatic heterocycles. The van der Waals surface area contributed by atoms with E-state index in [2.05, 4.69) is 4.98 Å². The molecule has 0 radical (unpaired) electrons. The summed E-state index contributed by atoms with van der Waals surface area (Å²) < 4.78 is 1.44. The summed E-state index contributed by atoms with van der Waals surface area (Å²) >= 11 is 6.35. The SMILES string of the molecule is Cn1c([N+](=O)[O-])cnc1C(Cl)=C1CCCCCC1. The van der Waals surface area contributed by atoms with Crippen LogP contribution >= 0.6 is 11.6 Å². The van der Waals surface area contributed by atoms with Crippen molar-refractivity contribution in [3.8, 4) is 0 Å². The van der Waals surface area contributed by atoms with Gasteiger partial charge in [0.05, 0.1) is 7.05 Å². The van der Waals surface area contributed by atoms with Crippen molar-refractivity contribution >= 4 is 22.5 Å². The predicted octanol–water partition coefficient (Wildman–Crippen LogP) is 3.63. The summed E-state index contributed by atoms with van der Waals surface area (Å²) in [5.74, 6) is 0.470. The summed E-state index contributed by atoms with van der Waals surface area (Å²) in [6.45, 7) is 0. The molecule has 0 amide bonds. The zero-order valence-corrected chi connectivity index (χ0v) is 11.1. The quantitative estimate of drug-likeness (QED) is 0.468. The number of hydrogen-bond donors (Lipinski definition) is 0. The lowest BCUT2D eigenvalue weighted by Crippen LogP contribution is -2.01. The van der Waals surface area contributed by atoms with E-state index in [9.17, 15) is 10.1 Å². The molecular weight excluding hydrogens is 254 g/mol. The molecule has 18 heavy (non-hydrogen) atoms. The van der Waals surface area contributed by atoms with Gasteiger partial charge >= 0.3 is 5.82 Å². The van der Waals surface area contributed by atoms with Crippen LogP contribution in [-0.4, -0.2) is 14.5 Å². The van der Waals surface area contributed by atoms with Crippen molar-refractivity contribution in [2.75, 3.05) is 0 Å². The lowest BCUT2D eigenvalue weighted by molar-refractivity contribution is -0.391. The minimum atomic E-state index is -0.446. The van der Waals surface area contributed by atoms with Crippen LogP contribution in [0, 0.1) is 10.1 Å². The van der Waals surface area contributed by atoms with Gasteiger partial charge in [0.15, 0.2) is 0 Å². The second-order valence-electron chi connectivity index (χ2n) is 4.59. The van der Waals surface area contributed by atoms with Gasteiger partial charge in [-0.2, -0.15) is 0 Å². The molecule has 1 aromatic heterocycles. The average molecular weight is 270 g/mol. The van der Waals surface area contributed by atoms with E-state index in [0.717, 1.165) is 25.7 Å². The number of nitrogens with zero attached hydrogens (tertiary/aromatic N) is 3. The van der Waals surface area contributed by atoms with Gasteiger partial charge in [0.1, 0.15) is 11.2 Å². The number of nitro groups is 1. The van der Waals surface area contributed by atoms with Gasteiger partial charge in [0, 0.05) is 0 Å². The molecule has 5 nitrogen and oxygen atoms in total. The van der Waals surface area contributed by atoms with Crippen LogP contribution in [0.15, 0.2) is 11.8 Å². The summed E-state index contributed by atoms with van der Waals surface area (Å²) in [5.41, 5.74) is 1.18. The Morgan fingerprint density at radius 1 is 1.39 bits per heavy atom. The van der Waals surface area contributed by atoms with Crippen LogP contribution < -0.4 is 0 Å². The first-order valence-electron chi connectivity index (χ1n) is 6.15. The van der Waals surface area contributed by atoms with E-state index < -0.39 is 4.92 Å². The van der Waals surface area contributed by atoms with E-state index in [-0.39, 0.29) is 5.82 Å². The second kappa shape index (κ2) is 5.52. The van der Waals surface area contributed by atoms with Crippen molar-refractivity contribution in [2.45, 2.75) is 38.5 Å². The Morgan fingerprint density at radius 3 is 2.50 bits per heavy atom. The van der Waals surface area contributed by atoms with Gasteiger partial charge in [-0.05, 0) is 36.2 Å². The van der Waals surface area contributed by atoms with Crippen LogP contribution in [0.25, 0.3) is 5.03 Å². The zero-order valence-electron chi connectivity index (χ0n) is 10.4. The standard InChI is InChI=1S/C12H16ClN3O2/c1-15-10(16(17)18)8-14-12(15)11(13)9-6-4-2-3-5-7-9/h8H,2-7H2,1H3. The van der Waals surface area contributed by atoms with Crippen molar-refractivity contribution in [2.24, 2.45) is 7.05 Å². The molecule has 1 saturated carbocycles. The number of rotatable bonds is 2. The highest BCUT2D eigenvalue weighted by Crippen LogP contribution is 2.32. The molecule has 1 fully saturated rings. The summed E-state index contributed by atoms with van der Waals surface area (Å²) in [5, 5.41) is 11.4. The fraction of sp³-hybridized carbons (Fsp3) is 0.583. The molecule has 0 N–H and O–H groups in total. The molecule has 98 valence electrons. The van der Waals surface area contributed by atoms with Gasteiger partial charge in [0.2, 0.25) is 5.82 Å². The zero-order chi connectivity index (χ0) is 13.1. The van der Waals surface area contributed by atoms with Gasteiger partial charge < -0.3 is 10.1 Å². The lowest BCUT2D eigenvalue weighted by Gasteiger charge is -2.05. The van der Waals surface area contributed by atoms with Crippen LogP contribution in [-0.2, 0) is 7.05 Å². The van der Waals surface area contributed by atoms with Gasteiger partial charge in [-0.1, -0.05) is 24.4 Å². The average Bonchev–Trinajstić information content (AvgIpc) is 2.56. The monoisotopic (exact) mass is 269 g/mol. The van der Waals surface area contributed by atoms with Crippen LogP contribution in [0.4, 0.5) is 5.82 Å². The van der Waals surface area contributed by atoms with Crippen molar-refractivity contribution in [3.63, 3.8) is 0 Å². The molecule has 1 aromatic rings. The van der Waals surface area contributed by atoms with E-state index in [1.165, 1.54) is 29.2 Å². The third-order valence-corrected chi connectivity index (χ3v) is 3.80. The van der Waals surface area contributed by atoms with Gasteiger partial charge in [-0.15, -0.1) is 0 Å². The maximum Gasteiger partial charge on any atom is 0.342 e. The molecule has 1 heterocycles. The van der Waals surface area contributed by atoms with Crippen molar-refractivity contribution in [3.05, 3.63) is 27.7 Å². The summed E-state index contributed by atoms with van der Waals surface area (Å²) in [7, 11) is 1.63. The first-order chi connectivity index (χ1) is 8.61. The Kier molecular flexibility index (Phi) is 4.01. The molecule has 2 rings (SSSR count). The molecule has 0 spiro atoms. The summed E-state index contributed by atoms with van der Waals surface area (Å²) in [6, 6.07) is 0. The Bertz CT molecular complexity index is 484. The van der Waals surface area contributed by atoms with Gasteiger partial charge in [-0.3, -0.25) is 0 Å². The molecular formula is C12H16ClN3O2. The molecule has 0 unspecified atom stereocenters. The fourth-order valence-corrected chi connectivity index (χ4v) is 2.67. The highest BCUT2D eigenvalue weighted by Gasteiger charge is 2.21. The van der Waals surface area contributed by atoms with E-state index in [1.807, 2.05) is 0 Å². The van der Waals surface area contributed by atoms with Gasteiger partial charge in [0.25, 0.3) is 0 Å². The topological polar surface area (TPSA) is 61.0 Å². The maximum absolute atomic E-state index is 10.8. The number of halogens is 1. The highest BCUT2D eigenvalue weighted by molar-refractivity contribution is 6.48.